The number of nitrogens with zero attached hydrogens (tertiary/aromatic N) is 1. The smallest absolute Gasteiger partial charge is 0.335 e. The van der Waals surface area contributed by atoms with E-state index in [1.165, 1.54) is 56.7 Å². The number of nitrogens with one attached hydrogen (secondary N) is 1. The van der Waals surface area contributed by atoms with Gasteiger partial charge in [-0.2, -0.15) is 5.26 Å². The highest BCUT2D eigenvalue weighted by molar-refractivity contribution is 6.32. The van der Waals surface area contributed by atoms with Gasteiger partial charge in [0.25, 0.3) is 5.91 Å². The van der Waals surface area contributed by atoms with E-state index in [9.17, 15) is 14.9 Å². The molecule has 1 amide bonds. The molecule has 0 saturated carbocycles. The van der Waals surface area contributed by atoms with Gasteiger partial charge in [-0.1, -0.05) is 17.7 Å². The van der Waals surface area contributed by atoms with Crippen molar-refractivity contribution in [2.75, 3.05) is 19.5 Å². The molecule has 0 aromatic heterocycles. The average Bonchev–Trinajstić information content (AvgIpc) is 2.66. The monoisotopic (exact) mass is 386 g/mol. The van der Waals surface area contributed by atoms with Crippen LogP contribution in [0.1, 0.15) is 15.9 Å². The first-order valence-corrected chi connectivity index (χ1v) is 7.95. The minimum Gasteiger partial charge on any atom is -0.493 e. The maximum atomic E-state index is 12.4. The zero-order chi connectivity index (χ0) is 20.0. The van der Waals surface area contributed by atoms with Gasteiger partial charge in [-0.05, 0) is 35.9 Å². The van der Waals surface area contributed by atoms with Crippen molar-refractivity contribution in [3.05, 3.63) is 58.1 Å². The Kier molecular flexibility index (Phi) is 6.41. The lowest BCUT2D eigenvalue weighted by atomic mass is 10.1. The van der Waals surface area contributed by atoms with Gasteiger partial charge in [-0.15, -0.1) is 0 Å². The van der Waals surface area contributed by atoms with Crippen molar-refractivity contribution in [3.8, 4) is 17.6 Å². The molecule has 0 aliphatic heterocycles. The third-order valence-electron chi connectivity index (χ3n) is 3.54. The third-order valence-corrected chi connectivity index (χ3v) is 3.86. The minimum absolute atomic E-state index is 0.0122. The minimum atomic E-state index is -1.13. The van der Waals surface area contributed by atoms with Crippen molar-refractivity contribution in [2.45, 2.75) is 0 Å². The number of carbonyl (C=O) groups is 2. The molecule has 2 aromatic rings. The second kappa shape index (κ2) is 8.74. The lowest BCUT2D eigenvalue weighted by molar-refractivity contribution is -0.112. The largest absolute Gasteiger partial charge is 0.493 e. The standard InChI is InChI=1S/C19H15ClN2O5/c1-26-16-8-12(15(20)9-17(16)27-2)6-13(10-21)18(23)22-14-5-3-4-11(7-14)19(24)25/h3-9H,1-2H3,(H,22,23)(H,24,25)/b13-6-. The van der Waals surface area contributed by atoms with Crippen molar-refractivity contribution < 1.29 is 24.2 Å². The van der Waals surface area contributed by atoms with Gasteiger partial charge in [-0.25, -0.2) is 4.79 Å². The van der Waals surface area contributed by atoms with Gasteiger partial charge in [0, 0.05) is 11.8 Å². The van der Waals surface area contributed by atoms with Crippen molar-refractivity contribution in [1.29, 1.82) is 5.26 Å². The summed E-state index contributed by atoms with van der Waals surface area (Å²) >= 11 is 6.17. The number of carbonyl (C=O) groups excluding carboxylic acids is 1. The highest BCUT2D eigenvalue weighted by Gasteiger charge is 2.14. The number of anilines is 1. The molecule has 8 heteroatoms. The first-order valence-electron chi connectivity index (χ1n) is 7.57. The van der Waals surface area contributed by atoms with Gasteiger partial charge in [0.05, 0.1) is 24.8 Å². The van der Waals surface area contributed by atoms with E-state index >= 15 is 0 Å². The maximum Gasteiger partial charge on any atom is 0.335 e. The molecule has 2 rings (SSSR count). The Morgan fingerprint density at radius 3 is 2.44 bits per heavy atom. The van der Waals surface area contributed by atoms with Crippen LogP contribution in [-0.2, 0) is 4.79 Å². The summed E-state index contributed by atoms with van der Waals surface area (Å²) in [5, 5.41) is 21.1. The molecule has 138 valence electrons. The number of amides is 1. The molecule has 0 fully saturated rings. The van der Waals surface area contributed by atoms with E-state index in [4.69, 9.17) is 26.2 Å². The number of ether oxygens (including phenoxy) is 2. The molecular weight excluding hydrogens is 372 g/mol. The predicted octanol–water partition coefficient (Wildman–Crippen LogP) is 3.60. The van der Waals surface area contributed by atoms with Gasteiger partial charge >= 0.3 is 5.97 Å². The first kappa shape index (κ1) is 19.8. The van der Waals surface area contributed by atoms with Gasteiger partial charge in [0.15, 0.2) is 11.5 Å². The first-order chi connectivity index (χ1) is 12.9. The number of rotatable bonds is 6. The van der Waals surface area contributed by atoms with E-state index in [1.54, 1.807) is 6.07 Å². The lowest BCUT2D eigenvalue weighted by Crippen LogP contribution is -2.14. The summed E-state index contributed by atoms with van der Waals surface area (Å²) < 4.78 is 10.3. The van der Waals surface area contributed by atoms with E-state index in [2.05, 4.69) is 5.32 Å². The molecule has 0 saturated heterocycles. The third kappa shape index (κ3) is 4.77. The van der Waals surface area contributed by atoms with Gasteiger partial charge < -0.3 is 19.9 Å². The fourth-order valence-corrected chi connectivity index (χ4v) is 2.42. The molecule has 0 aliphatic carbocycles. The van der Waals surface area contributed by atoms with Crippen LogP contribution in [0.3, 0.4) is 0 Å². The number of benzene rings is 2. The van der Waals surface area contributed by atoms with Crippen LogP contribution in [0.4, 0.5) is 5.69 Å². The summed E-state index contributed by atoms with van der Waals surface area (Å²) in [5.74, 6) is -1.03. The molecule has 0 bridgehead atoms. The summed E-state index contributed by atoms with van der Waals surface area (Å²) in [6.07, 6.45) is 1.31. The molecule has 0 unspecified atom stereocenters. The SMILES string of the molecule is COc1cc(Cl)c(/C=C(/C#N)C(=O)Nc2cccc(C(=O)O)c2)cc1OC. The van der Waals surface area contributed by atoms with Gasteiger partial charge in [0.2, 0.25) is 0 Å². The number of carboxylic acid groups (broad SMARTS) is 1. The normalized spacial score (nSPS) is 10.7. The van der Waals surface area contributed by atoms with Gasteiger partial charge in [-0.3, -0.25) is 4.79 Å². The molecule has 0 aliphatic rings. The molecule has 0 spiro atoms. The van der Waals surface area contributed by atoms with Crippen LogP contribution in [0.25, 0.3) is 6.08 Å². The van der Waals surface area contributed by atoms with Crippen LogP contribution < -0.4 is 14.8 Å². The number of halogens is 1. The molecule has 2 N–H and O–H groups in total. The summed E-state index contributed by atoms with van der Waals surface area (Å²) in [5.41, 5.74) is 0.433. The predicted molar refractivity (Wildman–Crippen MR) is 100 cm³/mol. The van der Waals surface area contributed by atoms with E-state index in [-0.39, 0.29) is 21.8 Å². The van der Waals surface area contributed by atoms with Crippen molar-refractivity contribution in [1.82, 2.24) is 0 Å². The number of methoxy groups -OCH3 is 2. The van der Waals surface area contributed by atoms with Crippen LogP contribution in [0.5, 0.6) is 11.5 Å². The molecular formula is C19H15ClN2O5. The molecule has 0 atom stereocenters. The average molecular weight is 387 g/mol. The Hall–Kier alpha value is -3.50. The van der Waals surface area contributed by atoms with E-state index in [0.29, 0.717) is 17.1 Å². The fourth-order valence-electron chi connectivity index (χ4n) is 2.21. The van der Waals surface area contributed by atoms with Crippen LogP contribution in [0.2, 0.25) is 5.02 Å². The van der Waals surface area contributed by atoms with Crippen LogP contribution in [0, 0.1) is 11.3 Å². The van der Waals surface area contributed by atoms with Crippen molar-refractivity contribution in [2.24, 2.45) is 0 Å². The van der Waals surface area contributed by atoms with Crippen LogP contribution >= 0.6 is 11.6 Å². The van der Waals surface area contributed by atoms with Crippen molar-refractivity contribution >= 4 is 35.2 Å². The quantitative estimate of drug-likeness (QED) is 0.580. The number of nitriles is 1. The second-order valence-corrected chi connectivity index (χ2v) is 5.65. The van der Waals surface area contributed by atoms with Gasteiger partial charge in [0.1, 0.15) is 11.6 Å². The Labute approximate surface area is 160 Å². The Balaban J connectivity index is 2.33. The number of carboxylic acids is 1. The van der Waals surface area contributed by atoms with E-state index in [1.807, 2.05) is 0 Å². The fraction of sp³-hybridized carbons (Fsp3) is 0.105. The maximum absolute atomic E-state index is 12.4. The molecule has 0 radical (unpaired) electrons. The Morgan fingerprint density at radius 1 is 1.19 bits per heavy atom. The Bertz CT molecular complexity index is 963. The van der Waals surface area contributed by atoms with Crippen LogP contribution in [-0.4, -0.2) is 31.2 Å². The summed E-state index contributed by atoms with van der Waals surface area (Å²) in [6.45, 7) is 0. The van der Waals surface area contributed by atoms with E-state index < -0.39 is 11.9 Å². The van der Waals surface area contributed by atoms with E-state index in [0.717, 1.165) is 0 Å². The highest BCUT2D eigenvalue weighted by Crippen LogP contribution is 2.34. The summed E-state index contributed by atoms with van der Waals surface area (Å²) in [4.78, 5) is 23.4. The Morgan fingerprint density at radius 2 is 1.85 bits per heavy atom. The molecule has 2 aromatic carbocycles. The van der Waals surface area contributed by atoms with Crippen molar-refractivity contribution in [3.63, 3.8) is 0 Å². The second-order valence-electron chi connectivity index (χ2n) is 5.24. The molecule has 7 nitrogen and oxygen atoms in total. The molecule has 0 heterocycles. The number of aromatic carboxylic acids is 1. The lowest BCUT2D eigenvalue weighted by Gasteiger charge is -2.10. The number of hydrogen-bond donors (Lipinski definition) is 2. The summed E-state index contributed by atoms with van der Waals surface area (Å²) in [7, 11) is 2.91. The summed E-state index contributed by atoms with van der Waals surface area (Å²) in [6, 6.07) is 10.5. The highest BCUT2D eigenvalue weighted by atomic mass is 35.5. The topological polar surface area (TPSA) is 109 Å². The molecule has 27 heavy (non-hydrogen) atoms. The zero-order valence-electron chi connectivity index (χ0n) is 14.4. The number of hydrogen-bond acceptors (Lipinski definition) is 5. The zero-order valence-corrected chi connectivity index (χ0v) is 15.2. The van der Waals surface area contributed by atoms with Crippen LogP contribution in [0.15, 0.2) is 42.0 Å².